The molecule has 10 nitrogen and oxygen atoms in total. The predicted octanol–water partition coefficient (Wildman–Crippen LogP) is 3.88. The lowest BCUT2D eigenvalue weighted by molar-refractivity contribution is -0.723. The van der Waals surface area contributed by atoms with Gasteiger partial charge in [-0.25, -0.2) is 9.55 Å². The van der Waals surface area contributed by atoms with E-state index >= 15 is 0 Å². The zero-order valence-corrected chi connectivity index (χ0v) is 25.6. The molecule has 2 aromatic heterocycles. The Hall–Kier alpha value is -3.56. The highest BCUT2D eigenvalue weighted by molar-refractivity contribution is 5.94. The fraction of sp³-hybridized carbons (Fsp3) is 0.625. The van der Waals surface area contributed by atoms with Crippen LogP contribution in [0.25, 0.3) is 0 Å². The number of nitrogens with zero attached hydrogens (tertiary/aromatic N) is 2. The molecule has 1 aliphatic rings. The molecule has 10 heteroatoms. The molecule has 2 N–H and O–H groups in total. The maximum absolute atomic E-state index is 13.6. The van der Waals surface area contributed by atoms with E-state index in [1.165, 1.54) is 12.5 Å². The van der Waals surface area contributed by atoms with E-state index in [1.54, 1.807) is 0 Å². The van der Waals surface area contributed by atoms with Crippen molar-refractivity contribution in [3.05, 3.63) is 48.8 Å². The van der Waals surface area contributed by atoms with Crippen molar-refractivity contribution in [2.75, 3.05) is 19.8 Å². The van der Waals surface area contributed by atoms with Gasteiger partial charge < -0.3 is 14.4 Å². The molecule has 4 unspecified atom stereocenters. The number of Topliss-reactive ketones (excluding diaryl/α,β-unsaturated/α-hetero) is 1. The Bertz CT molecular complexity index is 1160. The fourth-order valence-corrected chi connectivity index (χ4v) is 6.03. The maximum Gasteiger partial charge on any atom is 0.313 e. The van der Waals surface area contributed by atoms with Crippen molar-refractivity contribution in [3.8, 4) is 0 Å². The van der Waals surface area contributed by atoms with E-state index in [0.29, 0.717) is 31.8 Å². The predicted molar refractivity (Wildman–Crippen MR) is 155 cm³/mol. The highest BCUT2D eigenvalue weighted by atomic mass is 16.6. The fourth-order valence-electron chi connectivity index (χ4n) is 6.03. The van der Waals surface area contributed by atoms with Crippen LogP contribution in [0.5, 0.6) is 0 Å². The molecule has 230 valence electrons. The topological polar surface area (TPSA) is 124 Å². The minimum absolute atomic E-state index is 0.0842. The quantitative estimate of drug-likeness (QED) is 0.123. The van der Waals surface area contributed by atoms with Gasteiger partial charge in [-0.1, -0.05) is 6.92 Å². The van der Waals surface area contributed by atoms with Gasteiger partial charge in [-0.2, -0.15) is 0 Å². The molecule has 0 spiro atoms. The average Bonchev–Trinajstić information content (AvgIpc) is 3.65. The molecule has 0 aromatic carbocycles. The second-order valence-electron chi connectivity index (χ2n) is 11.8. The van der Waals surface area contributed by atoms with Crippen LogP contribution in [0.3, 0.4) is 0 Å². The van der Waals surface area contributed by atoms with Gasteiger partial charge in [-0.05, 0) is 77.2 Å². The monoisotopic (exact) mass is 584 g/mol. The van der Waals surface area contributed by atoms with Crippen LogP contribution in [-0.4, -0.2) is 59.3 Å². The largest absolute Gasteiger partial charge is 0.462 e. The number of H-pyrrole nitrogens is 2. The van der Waals surface area contributed by atoms with Gasteiger partial charge in [-0.3, -0.25) is 24.2 Å². The summed E-state index contributed by atoms with van der Waals surface area (Å²) < 4.78 is 12.9. The van der Waals surface area contributed by atoms with Gasteiger partial charge in [0, 0.05) is 31.1 Å². The molecule has 0 bridgehead atoms. The van der Waals surface area contributed by atoms with Crippen LogP contribution < -0.4 is 9.55 Å². The summed E-state index contributed by atoms with van der Waals surface area (Å²) in [5.74, 6) is -0.914. The number of ketones is 1. The number of aromatic amines is 2. The molecule has 42 heavy (non-hydrogen) atoms. The summed E-state index contributed by atoms with van der Waals surface area (Å²) in [5, 5.41) is 0. The molecular weight excluding hydrogens is 536 g/mol. The summed E-state index contributed by atoms with van der Waals surface area (Å²) in [5.41, 5.74) is 0.378. The van der Waals surface area contributed by atoms with Gasteiger partial charge in [0.15, 0.2) is 12.4 Å². The number of pyridine rings is 1. The summed E-state index contributed by atoms with van der Waals surface area (Å²) in [6, 6.07) is 4.47. The van der Waals surface area contributed by atoms with Crippen LogP contribution in [-0.2, 0) is 28.7 Å². The molecule has 1 fully saturated rings. The molecule has 2 aromatic rings. The Kier molecular flexibility index (Phi) is 12.7. The van der Waals surface area contributed by atoms with Crippen molar-refractivity contribution in [2.24, 2.45) is 5.41 Å². The number of aromatic nitrogens is 3. The molecule has 1 saturated heterocycles. The number of nitrogens with one attached hydrogen (secondary N) is 2. The van der Waals surface area contributed by atoms with E-state index in [0.717, 1.165) is 32.1 Å². The van der Waals surface area contributed by atoms with Gasteiger partial charge in [0.1, 0.15) is 43.9 Å². The summed E-state index contributed by atoms with van der Waals surface area (Å²) in [6.07, 6.45) is 15.7. The lowest BCUT2D eigenvalue weighted by atomic mass is 9.76. The molecule has 0 aliphatic carbocycles. The highest BCUT2D eigenvalue weighted by Crippen LogP contribution is 2.38. The molecule has 0 radical (unpaired) electrons. The number of ether oxygens (including phenoxy) is 2. The van der Waals surface area contributed by atoms with E-state index in [-0.39, 0.29) is 49.3 Å². The first-order valence-electron chi connectivity index (χ1n) is 15.2. The number of rotatable bonds is 18. The molecule has 0 saturated carbocycles. The standard InChI is InChI=1S/C32H46N4O6/c1-5-28(35-18-16-34-23-35)9-8-26(27-11-14-33-15-12-27)10-13-32(4,22-24(2)36-17-6-7-29(36)38)31(40)42-20-19-41-30(39)21-25(3)37/h11-12,14-16,18,23-24,26,28H,5-10,13,17,19-22H2,1-4H3/p+2. The first-order valence-corrected chi connectivity index (χ1v) is 15.2. The molecular formula is C32H48N4O6+2. The van der Waals surface area contributed by atoms with Crippen LogP contribution in [0, 0.1) is 5.41 Å². The second kappa shape index (κ2) is 16.2. The number of esters is 2. The van der Waals surface area contributed by atoms with Crippen molar-refractivity contribution in [1.29, 1.82) is 0 Å². The number of imidazole rings is 1. The minimum Gasteiger partial charge on any atom is -0.462 e. The highest BCUT2D eigenvalue weighted by Gasteiger charge is 2.39. The van der Waals surface area contributed by atoms with E-state index in [4.69, 9.17) is 9.47 Å². The van der Waals surface area contributed by atoms with Gasteiger partial charge in [-0.15, -0.1) is 0 Å². The molecule has 1 amide bonds. The Labute approximate surface area is 249 Å². The molecule has 1 aliphatic heterocycles. The molecule has 4 atom stereocenters. The van der Waals surface area contributed by atoms with Gasteiger partial charge >= 0.3 is 11.9 Å². The lowest BCUT2D eigenvalue weighted by Gasteiger charge is -2.35. The number of likely N-dealkylation sites (tertiary alicyclic amines) is 1. The van der Waals surface area contributed by atoms with Crippen molar-refractivity contribution < 1.29 is 38.2 Å². The molecule has 3 rings (SSSR count). The van der Waals surface area contributed by atoms with Gasteiger partial charge in [0.25, 0.3) is 0 Å². The van der Waals surface area contributed by atoms with Gasteiger partial charge in [0.05, 0.1) is 5.41 Å². The Morgan fingerprint density at radius 1 is 1.14 bits per heavy atom. The van der Waals surface area contributed by atoms with E-state index in [2.05, 4.69) is 39.8 Å². The summed E-state index contributed by atoms with van der Waals surface area (Å²) in [7, 11) is 0. The van der Waals surface area contributed by atoms with E-state index in [9.17, 15) is 19.2 Å². The Morgan fingerprint density at radius 2 is 1.88 bits per heavy atom. The van der Waals surface area contributed by atoms with Crippen molar-refractivity contribution >= 4 is 23.6 Å². The minimum atomic E-state index is -0.843. The zero-order chi connectivity index (χ0) is 30.5. The van der Waals surface area contributed by atoms with E-state index < -0.39 is 11.4 Å². The maximum atomic E-state index is 13.6. The first kappa shape index (κ1) is 32.9. The third kappa shape index (κ3) is 9.77. The zero-order valence-electron chi connectivity index (χ0n) is 25.6. The van der Waals surface area contributed by atoms with Gasteiger partial charge in [0.2, 0.25) is 12.2 Å². The molecule has 3 heterocycles. The number of amides is 1. The number of carbonyl (C=O) groups excluding carboxylic acids is 4. The normalized spacial score (nSPS) is 16.9. The average molecular weight is 585 g/mol. The third-order valence-corrected chi connectivity index (χ3v) is 8.42. The first-order chi connectivity index (χ1) is 20.1. The van der Waals surface area contributed by atoms with Crippen LogP contribution in [0.15, 0.2) is 43.2 Å². The van der Waals surface area contributed by atoms with Crippen molar-refractivity contribution in [2.45, 2.75) is 103 Å². The lowest BCUT2D eigenvalue weighted by Crippen LogP contribution is -2.41. The van der Waals surface area contributed by atoms with Crippen molar-refractivity contribution in [1.82, 2.24) is 9.88 Å². The van der Waals surface area contributed by atoms with E-state index in [1.807, 2.05) is 43.7 Å². The van der Waals surface area contributed by atoms with Crippen LogP contribution in [0.2, 0.25) is 0 Å². The van der Waals surface area contributed by atoms with Crippen molar-refractivity contribution in [3.63, 3.8) is 0 Å². The number of hydrogen-bond donors (Lipinski definition) is 1. The second-order valence-corrected chi connectivity index (χ2v) is 11.8. The van der Waals surface area contributed by atoms with Crippen LogP contribution >= 0.6 is 0 Å². The Balaban J connectivity index is 1.72. The Morgan fingerprint density at radius 3 is 2.50 bits per heavy atom. The smallest absolute Gasteiger partial charge is 0.313 e. The van der Waals surface area contributed by atoms with Crippen LogP contribution in [0.1, 0.15) is 103 Å². The SMILES string of the molecule is CCC(CCC(CCC(C)(CC(C)N1CCCC1=O)C(=O)OCCOC(=O)CC(C)=O)c1cc[nH+]cc1)[n+]1cc[nH]c1. The summed E-state index contributed by atoms with van der Waals surface area (Å²) in [4.78, 5) is 57.0. The summed E-state index contributed by atoms with van der Waals surface area (Å²) in [6.45, 7) is 7.96. The number of carbonyl (C=O) groups is 4. The van der Waals surface area contributed by atoms with Crippen LogP contribution in [0.4, 0.5) is 0 Å². The third-order valence-electron chi connectivity index (χ3n) is 8.42. The number of hydrogen-bond acceptors (Lipinski definition) is 6. The summed E-state index contributed by atoms with van der Waals surface area (Å²) >= 11 is 0.